The molecule has 0 saturated heterocycles. The number of anilines is 1. The lowest BCUT2D eigenvalue weighted by Crippen LogP contribution is -2.16. The van der Waals surface area contributed by atoms with Crippen LogP contribution in [0.5, 0.6) is 0 Å². The zero-order valence-electron chi connectivity index (χ0n) is 12.3. The molecular weight excluding hydrogens is 266 g/mol. The summed E-state index contributed by atoms with van der Waals surface area (Å²) in [5.41, 5.74) is 0.920. The van der Waals surface area contributed by atoms with Gasteiger partial charge in [-0.25, -0.2) is 0 Å². The van der Waals surface area contributed by atoms with Crippen LogP contribution in [0.25, 0.3) is 0 Å². The first-order chi connectivity index (χ1) is 10.1. The van der Waals surface area contributed by atoms with Crippen LogP contribution in [-0.4, -0.2) is 11.5 Å². The number of hydrogen-bond acceptors (Lipinski definition) is 4. The molecule has 0 bridgehead atoms. The number of nitro benzene ring substituents is 1. The summed E-state index contributed by atoms with van der Waals surface area (Å²) < 4.78 is 0. The fourth-order valence-electron chi connectivity index (χ4n) is 3.14. The molecule has 1 aromatic carbocycles. The molecule has 21 heavy (non-hydrogen) atoms. The molecule has 5 heteroatoms. The topological polar surface area (TPSA) is 79.0 Å². The average Bonchev–Trinajstić information content (AvgIpc) is 2.47. The summed E-state index contributed by atoms with van der Waals surface area (Å²) in [5, 5.41) is 23.1. The van der Waals surface area contributed by atoms with E-state index >= 15 is 0 Å². The number of rotatable bonds is 5. The highest BCUT2D eigenvalue weighted by Gasteiger charge is 2.19. The molecule has 0 spiro atoms. The smallest absolute Gasteiger partial charge is 0.292 e. The molecule has 112 valence electrons. The van der Waals surface area contributed by atoms with E-state index in [0.717, 1.165) is 12.3 Å². The lowest BCUT2D eigenvalue weighted by atomic mass is 9.81. The van der Waals surface area contributed by atoms with Gasteiger partial charge in [-0.15, -0.1) is 0 Å². The summed E-state index contributed by atoms with van der Waals surface area (Å²) in [7, 11) is 0. The van der Waals surface area contributed by atoms with E-state index in [1.54, 1.807) is 6.07 Å². The van der Waals surface area contributed by atoms with Crippen LogP contribution < -0.4 is 5.32 Å². The van der Waals surface area contributed by atoms with Crippen molar-refractivity contribution in [3.63, 3.8) is 0 Å². The van der Waals surface area contributed by atoms with Crippen LogP contribution in [0.2, 0.25) is 0 Å². The first kappa shape index (κ1) is 15.3. The average molecular weight is 287 g/mol. The molecule has 1 aliphatic rings. The van der Waals surface area contributed by atoms with Gasteiger partial charge in [0.1, 0.15) is 5.69 Å². The van der Waals surface area contributed by atoms with E-state index in [-0.39, 0.29) is 5.69 Å². The minimum absolute atomic E-state index is 0.0333. The second-order valence-electron chi connectivity index (χ2n) is 5.95. The molecule has 1 N–H and O–H groups in total. The third-order valence-electron chi connectivity index (χ3n) is 4.24. The highest BCUT2D eigenvalue weighted by molar-refractivity contribution is 5.64. The molecule has 0 amide bonds. The third kappa shape index (κ3) is 4.19. The van der Waals surface area contributed by atoms with E-state index in [9.17, 15) is 10.1 Å². The van der Waals surface area contributed by atoms with Gasteiger partial charge >= 0.3 is 0 Å². The molecular formula is C16H21N3O2. The highest BCUT2D eigenvalue weighted by atomic mass is 16.6. The minimum Gasteiger partial charge on any atom is -0.379 e. The molecule has 0 radical (unpaired) electrons. The maximum Gasteiger partial charge on any atom is 0.292 e. The van der Waals surface area contributed by atoms with E-state index in [0.29, 0.717) is 23.7 Å². The summed E-state index contributed by atoms with van der Waals surface area (Å²) >= 11 is 0. The minimum atomic E-state index is -0.411. The summed E-state index contributed by atoms with van der Waals surface area (Å²) in [6.07, 6.45) is 6.14. The van der Waals surface area contributed by atoms with Crippen molar-refractivity contribution < 1.29 is 4.92 Å². The lowest BCUT2D eigenvalue weighted by Gasteiger charge is -2.26. The molecule has 1 saturated carbocycles. The Kier molecular flexibility index (Phi) is 5.15. The Labute approximate surface area is 125 Å². The van der Waals surface area contributed by atoms with Crippen molar-refractivity contribution in [1.29, 1.82) is 5.26 Å². The van der Waals surface area contributed by atoms with Crippen molar-refractivity contribution in [1.82, 2.24) is 0 Å². The van der Waals surface area contributed by atoms with Crippen molar-refractivity contribution in [2.75, 3.05) is 11.9 Å². The van der Waals surface area contributed by atoms with Crippen molar-refractivity contribution in [2.45, 2.75) is 39.0 Å². The van der Waals surface area contributed by atoms with Crippen LogP contribution in [0.15, 0.2) is 18.2 Å². The van der Waals surface area contributed by atoms with Crippen LogP contribution in [0, 0.1) is 33.3 Å². The molecule has 2 atom stereocenters. The predicted octanol–water partition coefficient (Wildman–Crippen LogP) is 4.09. The van der Waals surface area contributed by atoms with Crippen LogP contribution in [0.1, 0.15) is 44.6 Å². The zero-order valence-corrected chi connectivity index (χ0v) is 12.3. The van der Waals surface area contributed by atoms with E-state index in [2.05, 4.69) is 12.2 Å². The van der Waals surface area contributed by atoms with Gasteiger partial charge in [0.05, 0.1) is 16.6 Å². The lowest BCUT2D eigenvalue weighted by molar-refractivity contribution is -0.384. The predicted molar refractivity (Wildman–Crippen MR) is 82.0 cm³/mol. The number of nitrogens with zero attached hydrogens (tertiary/aromatic N) is 2. The third-order valence-corrected chi connectivity index (χ3v) is 4.24. The first-order valence-corrected chi connectivity index (χ1v) is 7.52. The van der Waals surface area contributed by atoms with Crippen LogP contribution in [-0.2, 0) is 0 Å². The number of nitro groups is 1. The molecule has 0 aromatic heterocycles. The molecule has 1 aromatic rings. The standard InChI is InChI=1S/C16H21N3O2/c1-12-3-2-4-13(9-12)7-8-18-15-10-14(11-17)5-6-16(15)19(20)21/h5-6,10,12-13,18H,2-4,7-9H2,1H3. The molecule has 0 heterocycles. The summed E-state index contributed by atoms with van der Waals surface area (Å²) in [6.45, 7) is 3.01. The second kappa shape index (κ2) is 7.07. The Balaban J connectivity index is 1.95. The van der Waals surface area contributed by atoms with Crippen LogP contribution >= 0.6 is 0 Å². The number of benzene rings is 1. The molecule has 1 fully saturated rings. The zero-order chi connectivity index (χ0) is 15.2. The van der Waals surface area contributed by atoms with Crippen molar-refractivity contribution >= 4 is 11.4 Å². The number of nitriles is 1. The molecule has 1 aliphatic carbocycles. The van der Waals surface area contributed by atoms with Crippen LogP contribution in [0.3, 0.4) is 0 Å². The normalized spacial score (nSPS) is 21.5. The molecule has 0 aliphatic heterocycles. The summed E-state index contributed by atoms with van der Waals surface area (Å²) in [6, 6.07) is 6.44. The van der Waals surface area contributed by atoms with Gasteiger partial charge in [-0.2, -0.15) is 5.26 Å². The number of hydrogen-bond donors (Lipinski definition) is 1. The largest absolute Gasteiger partial charge is 0.379 e. The quantitative estimate of drug-likeness (QED) is 0.653. The van der Waals surface area contributed by atoms with E-state index < -0.39 is 4.92 Å². The van der Waals surface area contributed by atoms with Gasteiger partial charge in [0.25, 0.3) is 5.69 Å². The molecule has 2 unspecified atom stereocenters. The number of nitrogens with one attached hydrogen (secondary N) is 1. The fraction of sp³-hybridized carbons (Fsp3) is 0.562. The van der Waals surface area contributed by atoms with Gasteiger partial charge in [-0.3, -0.25) is 10.1 Å². The van der Waals surface area contributed by atoms with E-state index in [1.807, 2.05) is 6.07 Å². The van der Waals surface area contributed by atoms with Gasteiger partial charge in [0, 0.05) is 12.6 Å². The van der Waals surface area contributed by atoms with E-state index in [4.69, 9.17) is 5.26 Å². The Bertz CT molecular complexity index is 551. The monoisotopic (exact) mass is 287 g/mol. The van der Waals surface area contributed by atoms with Gasteiger partial charge in [-0.05, 0) is 36.8 Å². The first-order valence-electron chi connectivity index (χ1n) is 7.52. The summed E-state index contributed by atoms with van der Waals surface area (Å²) in [5.74, 6) is 1.50. The highest BCUT2D eigenvalue weighted by Crippen LogP contribution is 2.31. The van der Waals surface area contributed by atoms with Crippen molar-refractivity contribution in [2.24, 2.45) is 11.8 Å². The Morgan fingerprint density at radius 2 is 2.29 bits per heavy atom. The SMILES string of the molecule is CC1CCCC(CCNc2cc(C#N)ccc2[N+](=O)[O-])C1. The van der Waals surface area contributed by atoms with Gasteiger partial charge in [0.2, 0.25) is 0 Å². The Hall–Kier alpha value is -2.09. The van der Waals surface area contributed by atoms with Crippen LogP contribution in [0.4, 0.5) is 11.4 Å². The molecule has 2 rings (SSSR count). The Morgan fingerprint density at radius 1 is 1.48 bits per heavy atom. The fourth-order valence-corrected chi connectivity index (χ4v) is 3.14. The molecule has 5 nitrogen and oxygen atoms in total. The van der Waals surface area contributed by atoms with E-state index in [1.165, 1.54) is 37.8 Å². The van der Waals surface area contributed by atoms with Gasteiger partial charge < -0.3 is 5.32 Å². The van der Waals surface area contributed by atoms with Gasteiger partial charge in [-0.1, -0.05) is 26.2 Å². The van der Waals surface area contributed by atoms with Crippen molar-refractivity contribution in [3.05, 3.63) is 33.9 Å². The van der Waals surface area contributed by atoms with Crippen molar-refractivity contribution in [3.8, 4) is 6.07 Å². The maximum atomic E-state index is 11.0. The second-order valence-corrected chi connectivity index (χ2v) is 5.95. The Morgan fingerprint density at radius 3 is 2.95 bits per heavy atom. The summed E-state index contributed by atoms with van der Waals surface area (Å²) in [4.78, 5) is 10.6. The maximum absolute atomic E-state index is 11.0. The van der Waals surface area contributed by atoms with Gasteiger partial charge in [0.15, 0.2) is 0 Å².